The molecule has 0 radical (unpaired) electrons. The van der Waals surface area contributed by atoms with Crippen molar-refractivity contribution in [2.45, 2.75) is 43.6 Å². The van der Waals surface area contributed by atoms with E-state index in [1.165, 1.54) is 17.3 Å². The second-order valence-electron chi connectivity index (χ2n) is 6.49. The predicted octanol–water partition coefficient (Wildman–Crippen LogP) is 1.10. The van der Waals surface area contributed by atoms with Crippen LogP contribution in [0.15, 0.2) is 41.7 Å². The maximum Gasteiger partial charge on any atom is 0.240 e. The lowest BCUT2D eigenvalue weighted by Gasteiger charge is -2.11. The van der Waals surface area contributed by atoms with E-state index in [1.54, 1.807) is 10.8 Å². The molecule has 0 spiro atoms. The number of aliphatic hydroxyl groups excluding tert-OH is 1. The number of thioether (sulfide) groups is 1. The van der Waals surface area contributed by atoms with Crippen LogP contribution in [0.5, 0.6) is 0 Å². The minimum Gasteiger partial charge on any atom is -0.390 e. The molecule has 0 aliphatic heterocycles. The van der Waals surface area contributed by atoms with E-state index < -0.39 is 0 Å². The molecule has 1 aliphatic carbocycles. The van der Waals surface area contributed by atoms with Gasteiger partial charge in [0.1, 0.15) is 6.54 Å². The largest absolute Gasteiger partial charge is 0.390 e. The first-order valence-electron chi connectivity index (χ1n) is 9.03. The number of amides is 2. The number of aromatic nitrogens is 2. The number of aliphatic hydroxyl groups is 1. The van der Waals surface area contributed by atoms with E-state index in [1.807, 2.05) is 30.3 Å². The number of hydrogen-bond acceptors (Lipinski definition) is 5. The van der Waals surface area contributed by atoms with Gasteiger partial charge in [-0.3, -0.25) is 9.59 Å². The van der Waals surface area contributed by atoms with Crippen LogP contribution in [0.2, 0.25) is 0 Å². The lowest BCUT2D eigenvalue weighted by molar-refractivity contribution is -0.122. The summed E-state index contributed by atoms with van der Waals surface area (Å²) in [6.07, 6.45) is 4.36. The third-order valence-corrected chi connectivity index (χ3v) is 5.21. The summed E-state index contributed by atoms with van der Waals surface area (Å²) in [6.45, 7) is 0.474. The van der Waals surface area contributed by atoms with Crippen molar-refractivity contribution >= 4 is 23.6 Å². The van der Waals surface area contributed by atoms with Crippen molar-refractivity contribution in [2.24, 2.45) is 0 Å². The Balaban J connectivity index is 1.47. The fourth-order valence-corrected chi connectivity index (χ4v) is 3.45. The summed E-state index contributed by atoms with van der Waals surface area (Å²) in [5.74, 6) is 0.0267. The fourth-order valence-electron chi connectivity index (χ4n) is 2.62. The van der Waals surface area contributed by atoms with Crippen LogP contribution in [0.3, 0.4) is 0 Å². The molecule has 3 rings (SSSR count). The van der Waals surface area contributed by atoms with Gasteiger partial charge in [0, 0.05) is 12.6 Å². The van der Waals surface area contributed by atoms with Gasteiger partial charge in [0.25, 0.3) is 0 Å². The minimum atomic E-state index is -0.201. The van der Waals surface area contributed by atoms with Crippen molar-refractivity contribution in [2.75, 3.05) is 12.3 Å². The number of nitrogens with one attached hydrogen (secondary N) is 2. The van der Waals surface area contributed by atoms with Gasteiger partial charge in [-0.1, -0.05) is 42.1 Å². The molecule has 2 aromatic rings. The highest BCUT2D eigenvalue weighted by Gasteiger charge is 2.24. The molecule has 1 aliphatic rings. The first-order chi connectivity index (χ1) is 13.2. The molecule has 7 nitrogen and oxygen atoms in total. The van der Waals surface area contributed by atoms with Gasteiger partial charge in [0.15, 0.2) is 5.16 Å². The van der Waals surface area contributed by atoms with Crippen LogP contribution >= 0.6 is 11.8 Å². The number of carbonyl (C=O) groups is 2. The zero-order valence-corrected chi connectivity index (χ0v) is 15.9. The van der Waals surface area contributed by atoms with Crippen LogP contribution in [-0.4, -0.2) is 44.8 Å². The quantitative estimate of drug-likeness (QED) is 0.530. The Morgan fingerprint density at radius 2 is 2.00 bits per heavy atom. The summed E-state index contributed by atoms with van der Waals surface area (Å²) in [7, 11) is 0. The molecular weight excluding hydrogens is 364 g/mol. The van der Waals surface area contributed by atoms with Crippen LogP contribution < -0.4 is 10.6 Å². The van der Waals surface area contributed by atoms with Crippen molar-refractivity contribution in [3.63, 3.8) is 0 Å². The highest BCUT2D eigenvalue weighted by atomic mass is 32.2. The second-order valence-corrected chi connectivity index (χ2v) is 7.43. The lowest BCUT2D eigenvalue weighted by Crippen LogP contribution is -2.30. The Kier molecular flexibility index (Phi) is 6.89. The zero-order valence-electron chi connectivity index (χ0n) is 15.1. The minimum absolute atomic E-state index is 0.0848. The van der Waals surface area contributed by atoms with Gasteiger partial charge in [-0.25, -0.2) is 4.98 Å². The van der Waals surface area contributed by atoms with Crippen molar-refractivity contribution in [3.05, 3.63) is 47.8 Å². The molecule has 3 N–H and O–H groups in total. The monoisotopic (exact) mass is 388 g/mol. The smallest absolute Gasteiger partial charge is 0.240 e. The highest BCUT2D eigenvalue weighted by molar-refractivity contribution is 7.99. The summed E-state index contributed by atoms with van der Waals surface area (Å²) < 4.78 is 1.67. The van der Waals surface area contributed by atoms with E-state index in [0.29, 0.717) is 17.4 Å². The van der Waals surface area contributed by atoms with Crippen LogP contribution in [0.4, 0.5) is 0 Å². The number of nitrogens with zero attached hydrogens (tertiary/aromatic N) is 2. The SMILES string of the molecule is O=C(CSc1ncc(CO)n1CC(=O)NC1CC1)NCCc1ccccc1. The molecule has 0 unspecified atom stereocenters. The Labute approximate surface area is 162 Å². The number of benzene rings is 1. The van der Waals surface area contributed by atoms with Gasteiger partial charge in [0.2, 0.25) is 11.8 Å². The van der Waals surface area contributed by atoms with Crippen LogP contribution in [0.25, 0.3) is 0 Å². The summed E-state index contributed by atoms with van der Waals surface area (Å²) in [5, 5.41) is 15.8. The third-order valence-electron chi connectivity index (χ3n) is 4.22. The average Bonchev–Trinajstić information content (AvgIpc) is 3.40. The van der Waals surface area contributed by atoms with Gasteiger partial charge in [-0.2, -0.15) is 0 Å². The third kappa shape index (κ3) is 6.11. The summed E-state index contributed by atoms with van der Waals surface area (Å²) in [4.78, 5) is 28.4. The molecular formula is C19H24N4O3S. The average molecular weight is 388 g/mol. The normalized spacial score (nSPS) is 13.4. The first kappa shape index (κ1) is 19.4. The van der Waals surface area contributed by atoms with Crippen molar-refractivity contribution in [1.82, 2.24) is 20.2 Å². The maximum absolute atomic E-state index is 12.1. The molecule has 0 saturated heterocycles. The number of carbonyl (C=O) groups excluding carboxylic acids is 2. The van der Waals surface area contributed by atoms with Gasteiger partial charge in [-0.05, 0) is 24.8 Å². The summed E-state index contributed by atoms with van der Waals surface area (Å²) in [5.41, 5.74) is 1.74. The van der Waals surface area contributed by atoms with Gasteiger partial charge in [-0.15, -0.1) is 0 Å². The molecule has 0 bridgehead atoms. The molecule has 2 amide bonds. The Hall–Kier alpha value is -2.32. The van der Waals surface area contributed by atoms with Gasteiger partial charge >= 0.3 is 0 Å². The van der Waals surface area contributed by atoms with E-state index in [0.717, 1.165) is 19.3 Å². The predicted molar refractivity (Wildman–Crippen MR) is 103 cm³/mol. The Morgan fingerprint density at radius 1 is 1.22 bits per heavy atom. The maximum atomic E-state index is 12.1. The van der Waals surface area contributed by atoms with E-state index in [9.17, 15) is 14.7 Å². The van der Waals surface area contributed by atoms with Crippen molar-refractivity contribution < 1.29 is 14.7 Å². The summed E-state index contributed by atoms with van der Waals surface area (Å²) in [6, 6.07) is 10.3. The first-order valence-corrected chi connectivity index (χ1v) is 10.0. The number of rotatable bonds is 10. The molecule has 8 heteroatoms. The molecule has 1 aromatic heterocycles. The number of imidazole rings is 1. The molecule has 0 atom stereocenters. The molecule has 1 fully saturated rings. The number of hydrogen-bond donors (Lipinski definition) is 3. The zero-order chi connectivity index (χ0) is 19.1. The molecule has 1 saturated carbocycles. The van der Waals surface area contributed by atoms with E-state index >= 15 is 0 Å². The van der Waals surface area contributed by atoms with E-state index in [4.69, 9.17) is 0 Å². The topological polar surface area (TPSA) is 96.2 Å². The molecule has 144 valence electrons. The van der Waals surface area contributed by atoms with Gasteiger partial charge in [0.05, 0.1) is 24.3 Å². The van der Waals surface area contributed by atoms with Crippen LogP contribution in [-0.2, 0) is 29.2 Å². The second kappa shape index (κ2) is 9.57. The highest BCUT2D eigenvalue weighted by Crippen LogP contribution is 2.21. The molecule has 1 aromatic carbocycles. The fraction of sp³-hybridized carbons (Fsp3) is 0.421. The standard InChI is InChI=1S/C19H24N4O3S/c24-12-16-10-21-19(23(16)11-17(25)22-15-6-7-15)27-13-18(26)20-9-8-14-4-2-1-3-5-14/h1-5,10,15,24H,6-9,11-13H2,(H,20,26)(H,22,25). The van der Waals surface area contributed by atoms with E-state index in [-0.39, 0.29) is 36.8 Å². The van der Waals surface area contributed by atoms with E-state index in [2.05, 4.69) is 15.6 Å². The Morgan fingerprint density at radius 3 is 2.70 bits per heavy atom. The molecule has 1 heterocycles. The van der Waals surface area contributed by atoms with Crippen molar-refractivity contribution in [3.8, 4) is 0 Å². The molecule has 27 heavy (non-hydrogen) atoms. The lowest BCUT2D eigenvalue weighted by atomic mass is 10.1. The summed E-state index contributed by atoms with van der Waals surface area (Å²) >= 11 is 1.26. The Bertz CT molecular complexity index is 775. The van der Waals surface area contributed by atoms with Crippen molar-refractivity contribution in [1.29, 1.82) is 0 Å². The van der Waals surface area contributed by atoms with Crippen LogP contribution in [0, 0.1) is 0 Å². The van der Waals surface area contributed by atoms with Crippen LogP contribution in [0.1, 0.15) is 24.1 Å². The van der Waals surface area contributed by atoms with Gasteiger partial charge < -0.3 is 20.3 Å².